The molecule has 1 rings (SSSR count). The minimum atomic E-state index is 0.213. The molecule has 0 unspecified atom stereocenters. The van der Waals surface area contributed by atoms with E-state index < -0.39 is 0 Å². The Morgan fingerprint density at radius 1 is 1.36 bits per heavy atom. The fourth-order valence-electron chi connectivity index (χ4n) is 1.27. The lowest BCUT2D eigenvalue weighted by atomic mass is 10.1. The maximum absolute atomic E-state index is 11.7. The molecule has 0 aromatic carbocycles. The van der Waals surface area contributed by atoms with Gasteiger partial charge in [-0.1, -0.05) is 31.2 Å². The minimum absolute atomic E-state index is 0.213. The van der Waals surface area contributed by atoms with Crippen LogP contribution < -0.4 is 0 Å². The molecule has 0 bridgehead atoms. The van der Waals surface area contributed by atoms with Gasteiger partial charge in [0.1, 0.15) is 4.88 Å². The van der Waals surface area contributed by atoms with Gasteiger partial charge in [-0.15, -0.1) is 5.10 Å². The van der Waals surface area contributed by atoms with Crippen molar-refractivity contribution in [2.45, 2.75) is 46.0 Å². The molecule has 0 amide bonds. The van der Waals surface area contributed by atoms with E-state index in [9.17, 15) is 4.79 Å². The van der Waals surface area contributed by atoms with Crippen LogP contribution in [0.5, 0.6) is 0 Å². The largest absolute Gasteiger partial charge is 0.293 e. The number of aromatic nitrogens is 2. The molecular formula is C10H16N2OS. The maximum Gasteiger partial charge on any atom is 0.176 e. The van der Waals surface area contributed by atoms with Crippen molar-refractivity contribution in [3.63, 3.8) is 0 Å². The van der Waals surface area contributed by atoms with Crippen LogP contribution in [0.15, 0.2) is 0 Å². The lowest BCUT2D eigenvalue weighted by molar-refractivity contribution is 0.0982. The topological polar surface area (TPSA) is 42.9 Å². The summed E-state index contributed by atoms with van der Waals surface area (Å²) < 4.78 is 3.84. The molecule has 0 spiro atoms. The number of hydrogen-bond acceptors (Lipinski definition) is 4. The van der Waals surface area contributed by atoms with Crippen LogP contribution in [0.25, 0.3) is 0 Å². The van der Waals surface area contributed by atoms with Crippen molar-refractivity contribution >= 4 is 17.3 Å². The zero-order valence-electron chi connectivity index (χ0n) is 8.75. The average molecular weight is 212 g/mol. The van der Waals surface area contributed by atoms with Crippen LogP contribution in [-0.4, -0.2) is 15.4 Å². The Morgan fingerprint density at radius 2 is 2.14 bits per heavy atom. The van der Waals surface area contributed by atoms with Crippen molar-refractivity contribution < 1.29 is 4.79 Å². The third kappa shape index (κ3) is 2.87. The Hall–Kier alpha value is -0.770. The summed E-state index contributed by atoms with van der Waals surface area (Å²) in [4.78, 5) is 12.5. The predicted molar refractivity (Wildman–Crippen MR) is 57.8 cm³/mol. The fraction of sp³-hybridized carbons (Fsp3) is 0.700. The molecule has 4 heteroatoms. The minimum Gasteiger partial charge on any atom is -0.293 e. The average Bonchev–Trinajstić information content (AvgIpc) is 2.63. The molecule has 3 nitrogen and oxygen atoms in total. The van der Waals surface area contributed by atoms with E-state index in [4.69, 9.17) is 0 Å². The van der Waals surface area contributed by atoms with Crippen LogP contribution in [0.3, 0.4) is 0 Å². The van der Waals surface area contributed by atoms with Crippen LogP contribution in [0.2, 0.25) is 0 Å². The number of hydrogen-bond donors (Lipinski definition) is 0. The van der Waals surface area contributed by atoms with E-state index >= 15 is 0 Å². The highest BCUT2D eigenvalue weighted by molar-refractivity contribution is 7.08. The van der Waals surface area contributed by atoms with Gasteiger partial charge in [0, 0.05) is 6.42 Å². The van der Waals surface area contributed by atoms with Gasteiger partial charge in [-0.3, -0.25) is 4.79 Å². The van der Waals surface area contributed by atoms with Gasteiger partial charge in [-0.2, -0.15) is 0 Å². The Morgan fingerprint density at radius 3 is 2.79 bits per heavy atom. The van der Waals surface area contributed by atoms with Crippen molar-refractivity contribution in [3.8, 4) is 0 Å². The van der Waals surface area contributed by atoms with Gasteiger partial charge in [-0.05, 0) is 24.4 Å². The molecule has 14 heavy (non-hydrogen) atoms. The van der Waals surface area contributed by atoms with Crippen molar-refractivity contribution in [2.75, 3.05) is 0 Å². The third-order valence-electron chi connectivity index (χ3n) is 2.05. The van der Waals surface area contributed by atoms with Crippen LogP contribution in [0.4, 0.5) is 0 Å². The van der Waals surface area contributed by atoms with Crippen molar-refractivity contribution in [1.29, 1.82) is 0 Å². The van der Waals surface area contributed by atoms with Crippen molar-refractivity contribution in [3.05, 3.63) is 10.6 Å². The van der Waals surface area contributed by atoms with E-state index in [1.807, 2.05) is 0 Å². The molecule has 0 N–H and O–H groups in total. The number of carbonyl (C=O) groups excluding carboxylic acids is 1. The van der Waals surface area contributed by atoms with E-state index in [0.29, 0.717) is 6.42 Å². The first-order valence-corrected chi connectivity index (χ1v) is 5.91. The monoisotopic (exact) mass is 212 g/mol. The second-order valence-electron chi connectivity index (χ2n) is 3.33. The number of carbonyl (C=O) groups is 1. The quantitative estimate of drug-likeness (QED) is 0.681. The van der Waals surface area contributed by atoms with Crippen LogP contribution in [0, 0.1) is 0 Å². The molecule has 78 valence electrons. The molecule has 0 fully saturated rings. The van der Waals surface area contributed by atoms with Gasteiger partial charge in [0.2, 0.25) is 0 Å². The zero-order chi connectivity index (χ0) is 10.4. The van der Waals surface area contributed by atoms with E-state index in [1.54, 1.807) is 0 Å². The lowest BCUT2D eigenvalue weighted by Crippen LogP contribution is -2.00. The molecule has 0 radical (unpaired) electrons. The molecule has 0 saturated heterocycles. The molecule has 0 atom stereocenters. The third-order valence-corrected chi connectivity index (χ3v) is 2.86. The Bertz CT molecular complexity index is 296. The normalized spacial score (nSPS) is 10.4. The molecule has 0 aliphatic heterocycles. The summed E-state index contributed by atoms with van der Waals surface area (Å²) in [7, 11) is 0. The summed E-state index contributed by atoms with van der Waals surface area (Å²) in [5, 5.41) is 3.98. The smallest absolute Gasteiger partial charge is 0.176 e. The predicted octanol–water partition coefficient (Wildman–Crippen LogP) is 2.86. The van der Waals surface area contributed by atoms with Crippen LogP contribution in [-0.2, 0) is 6.42 Å². The molecule has 0 aliphatic rings. The van der Waals surface area contributed by atoms with Gasteiger partial charge < -0.3 is 0 Å². The summed E-state index contributed by atoms with van der Waals surface area (Å²) in [5.41, 5.74) is 0.888. The number of Topliss-reactive ketones (excluding diaryl/α,β-unsaturated/α-hetero) is 1. The summed E-state index contributed by atoms with van der Waals surface area (Å²) in [5.74, 6) is 0.213. The van der Waals surface area contributed by atoms with Gasteiger partial charge >= 0.3 is 0 Å². The second-order valence-corrected chi connectivity index (χ2v) is 4.08. The van der Waals surface area contributed by atoms with Crippen molar-refractivity contribution in [2.24, 2.45) is 0 Å². The first-order valence-electron chi connectivity index (χ1n) is 5.14. The first kappa shape index (κ1) is 11.3. The highest BCUT2D eigenvalue weighted by atomic mass is 32.1. The molecule has 0 saturated carbocycles. The fourth-order valence-corrected chi connectivity index (χ4v) is 1.94. The van der Waals surface area contributed by atoms with E-state index in [0.717, 1.165) is 36.3 Å². The number of unbranched alkanes of at least 4 members (excludes halogenated alkanes) is 1. The van der Waals surface area contributed by atoms with Gasteiger partial charge in [0.05, 0.1) is 5.69 Å². The maximum atomic E-state index is 11.7. The molecular weight excluding hydrogens is 196 g/mol. The van der Waals surface area contributed by atoms with E-state index in [2.05, 4.69) is 23.4 Å². The van der Waals surface area contributed by atoms with Gasteiger partial charge in [0.15, 0.2) is 5.78 Å². The standard InChI is InChI=1S/C10H16N2OS/c1-3-5-7-9(13)10-8(6-4-2)11-12-14-10/h3-7H2,1-2H3. The number of nitrogens with zero attached hydrogens (tertiary/aromatic N) is 2. The molecule has 1 aromatic heterocycles. The van der Waals surface area contributed by atoms with Crippen LogP contribution in [0.1, 0.15) is 54.9 Å². The van der Waals surface area contributed by atoms with E-state index in [-0.39, 0.29) is 5.78 Å². The van der Waals surface area contributed by atoms with Crippen LogP contribution >= 0.6 is 11.5 Å². The Balaban J connectivity index is 2.63. The molecule has 1 heterocycles. The SMILES string of the molecule is CCCCC(=O)c1snnc1CCC. The molecule has 0 aliphatic carbocycles. The Kier molecular flexibility index (Phi) is 4.73. The van der Waals surface area contributed by atoms with Gasteiger partial charge in [-0.25, -0.2) is 0 Å². The second kappa shape index (κ2) is 5.86. The number of ketones is 1. The first-order chi connectivity index (χ1) is 6.79. The van der Waals surface area contributed by atoms with Gasteiger partial charge in [0.25, 0.3) is 0 Å². The number of rotatable bonds is 6. The van der Waals surface area contributed by atoms with Crippen molar-refractivity contribution in [1.82, 2.24) is 9.59 Å². The summed E-state index contributed by atoms with van der Waals surface area (Å²) >= 11 is 1.24. The highest BCUT2D eigenvalue weighted by Gasteiger charge is 2.14. The van der Waals surface area contributed by atoms with E-state index in [1.165, 1.54) is 11.5 Å². The summed E-state index contributed by atoms with van der Waals surface area (Å²) in [6, 6.07) is 0. The summed E-state index contributed by atoms with van der Waals surface area (Å²) in [6.45, 7) is 4.17. The highest BCUT2D eigenvalue weighted by Crippen LogP contribution is 2.16. The summed E-state index contributed by atoms with van der Waals surface area (Å²) in [6.07, 6.45) is 4.53. The number of aryl methyl sites for hydroxylation is 1. The Labute approximate surface area is 88.7 Å². The zero-order valence-corrected chi connectivity index (χ0v) is 9.56. The lowest BCUT2D eigenvalue weighted by Gasteiger charge is -1.97. The molecule has 1 aromatic rings.